The molecule has 1 atom stereocenters. The molecule has 2 amide bonds. The number of carbonyl (C=O) groups excluding carboxylic acids is 2. The molecule has 0 aliphatic carbocycles. The van der Waals surface area contributed by atoms with E-state index in [1.807, 2.05) is 30.3 Å². The summed E-state index contributed by atoms with van der Waals surface area (Å²) in [5.74, 6) is -1.33. The van der Waals surface area contributed by atoms with E-state index in [4.69, 9.17) is 0 Å². The zero-order valence-electron chi connectivity index (χ0n) is 24.1. The van der Waals surface area contributed by atoms with Crippen LogP contribution in [0.5, 0.6) is 0 Å². The van der Waals surface area contributed by atoms with E-state index in [0.717, 1.165) is 34.3 Å². The van der Waals surface area contributed by atoms with Gasteiger partial charge in [-0.3, -0.25) is 13.9 Å². The minimum Gasteiger partial charge on any atom is -0.352 e. The quantitative estimate of drug-likeness (QED) is 0.254. The lowest BCUT2D eigenvalue weighted by molar-refractivity contribution is -0.141. The molecule has 0 fully saturated rings. The third-order valence-electron chi connectivity index (χ3n) is 6.58. The molecule has 43 heavy (non-hydrogen) atoms. The molecular formula is C31H35F4N3O4S. The SMILES string of the molecule is CC(C)NC(=O)[C@@H](Cc1ccccc1)N(Cc1ccc(F)cc1)C(=O)CCCN(c1cccc(C(F)(F)F)c1)S(C)(=O)=O. The fourth-order valence-electron chi connectivity index (χ4n) is 4.56. The fourth-order valence-corrected chi connectivity index (χ4v) is 5.52. The minimum absolute atomic E-state index is 0.0223. The van der Waals surface area contributed by atoms with E-state index in [1.54, 1.807) is 13.8 Å². The molecule has 0 radical (unpaired) electrons. The van der Waals surface area contributed by atoms with Crippen molar-refractivity contribution in [2.45, 2.75) is 57.9 Å². The lowest BCUT2D eigenvalue weighted by atomic mass is 10.0. The maximum atomic E-state index is 13.7. The minimum atomic E-state index is -4.67. The van der Waals surface area contributed by atoms with Crippen LogP contribution in [0.4, 0.5) is 23.2 Å². The van der Waals surface area contributed by atoms with E-state index < -0.39 is 45.4 Å². The van der Waals surface area contributed by atoms with Crippen LogP contribution in [0.25, 0.3) is 0 Å². The van der Waals surface area contributed by atoms with Crippen molar-refractivity contribution >= 4 is 27.5 Å². The summed E-state index contributed by atoms with van der Waals surface area (Å²) in [6.07, 6.45) is -3.84. The number of halogens is 4. The van der Waals surface area contributed by atoms with Crippen LogP contribution in [-0.4, -0.2) is 50.0 Å². The summed E-state index contributed by atoms with van der Waals surface area (Å²) < 4.78 is 79.4. The van der Waals surface area contributed by atoms with Gasteiger partial charge in [-0.25, -0.2) is 12.8 Å². The topological polar surface area (TPSA) is 86.8 Å². The molecule has 0 saturated heterocycles. The Morgan fingerprint density at radius 1 is 0.907 bits per heavy atom. The van der Waals surface area contributed by atoms with E-state index in [0.29, 0.717) is 5.56 Å². The lowest BCUT2D eigenvalue weighted by Crippen LogP contribution is -2.51. The van der Waals surface area contributed by atoms with Gasteiger partial charge in [0.2, 0.25) is 21.8 Å². The molecule has 0 saturated carbocycles. The highest BCUT2D eigenvalue weighted by Gasteiger charge is 2.33. The Bertz CT molecular complexity index is 1480. The Hall–Kier alpha value is -3.93. The van der Waals surface area contributed by atoms with Crippen molar-refractivity contribution in [1.29, 1.82) is 0 Å². The normalized spacial score (nSPS) is 12.6. The molecule has 1 N–H and O–H groups in total. The van der Waals surface area contributed by atoms with Gasteiger partial charge in [-0.05, 0) is 61.7 Å². The number of nitrogens with one attached hydrogen (secondary N) is 1. The Morgan fingerprint density at radius 3 is 2.14 bits per heavy atom. The average Bonchev–Trinajstić information content (AvgIpc) is 2.93. The maximum Gasteiger partial charge on any atom is 0.416 e. The van der Waals surface area contributed by atoms with Gasteiger partial charge >= 0.3 is 6.18 Å². The lowest BCUT2D eigenvalue weighted by Gasteiger charge is -2.32. The summed E-state index contributed by atoms with van der Waals surface area (Å²) in [7, 11) is -3.99. The molecule has 0 aromatic heterocycles. The van der Waals surface area contributed by atoms with Crippen molar-refractivity contribution in [3.63, 3.8) is 0 Å². The molecule has 3 rings (SSSR count). The molecular weight excluding hydrogens is 586 g/mol. The predicted octanol–water partition coefficient (Wildman–Crippen LogP) is 5.56. The molecule has 7 nitrogen and oxygen atoms in total. The maximum absolute atomic E-state index is 13.7. The van der Waals surface area contributed by atoms with E-state index in [1.165, 1.54) is 35.2 Å². The first kappa shape index (κ1) is 33.6. The smallest absolute Gasteiger partial charge is 0.352 e. The van der Waals surface area contributed by atoms with Crippen LogP contribution in [-0.2, 0) is 38.8 Å². The van der Waals surface area contributed by atoms with E-state index >= 15 is 0 Å². The summed E-state index contributed by atoms with van der Waals surface area (Å²) in [5, 5.41) is 2.85. The number of nitrogens with zero attached hydrogens (tertiary/aromatic N) is 2. The van der Waals surface area contributed by atoms with Gasteiger partial charge in [-0.1, -0.05) is 48.5 Å². The number of carbonyl (C=O) groups is 2. The molecule has 3 aromatic rings. The van der Waals surface area contributed by atoms with Crippen molar-refractivity contribution in [3.05, 3.63) is 101 Å². The number of hydrogen-bond donors (Lipinski definition) is 1. The zero-order chi connectivity index (χ0) is 31.8. The molecule has 0 heterocycles. The second kappa shape index (κ2) is 14.5. The highest BCUT2D eigenvalue weighted by molar-refractivity contribution is 7.92. The molecule has 0 aliphatic heterocycles. The van der Waals surface area contributed by atoms with Crippen molar-refractivity contribution in [2.75, 3.05) is 17.1 Å². The highest BCUT2D eigenvalue weighted by atomic mass is 32.2. The molecule has 0 aliphatic rings. The van der Waals surface area contributed by atoms with Gasteiger partial charge in [0.25, 0.3) is 0 Å². The van der Waals surface area contributed by atoms with Crippen molar-refractivity contribution in [2.24, 2.45) is 0 Å². The third-order valence-corrected chi connectivity index (χ3v) is 7.78. The van der Waals surface area contributed by atoms with Crippen LogP contribution in [0.3, 0.4) is 0 Å². The summed E-state index contributed by atoms with van der Waals surface area (Å²) in [5.41, 5.74) is 0.203. The predicted molar refractivity (Wildman–Crippen MR) is 157 cm³/mol. The summed E-state index contributed by atoms with van der Waals surface area (Å²) in [6, 6.07) is 17.4. The first-order valence-electron chi connectivity index (χ1n) is 13.7. The molecule has 3 aromatic carbocycles. The highest BCUT2D eigenvalue weighted by Crippen LogP contribution is 2.32. The van der Waals surface area contributed by atoms with Gasteiger partial charge < -0.3 is 10.2 Å². The van der Waals surface area contributed by atoms with Crippen LogP contribution in [0.15, 0.2) is 78.9 Å². The average molecular weight is 622 g/mol. The van der Waals surface area contributed by atoms with E-state index in [9.17, 15) is 35.6 Å². The number of anilines is 1. The van der Waals surface area contributed by atoms with Crippen molar-refractivity contribution in [1.82, 2.24) is 10.2 Å². The van der Waals surface area contributed by atoms with Crippen LogP contribution in [0.1, 0.15) is 43.4 Å². The Balaban J connectivity index is 1.89. The van der Waals surface area contributed by atoms with Crippen molar-refractivity contribution in [3.8, 4) is 0 Å². The van der Waals surface area contributed by atoms with Gasteiger partial charge in [0.15, 0.2) is 0 Å². The molecule has 0 unspecified atom stereocenters. The second-order valence-corrected chi connectivity index (χ2v) is 12.4. The number of alkyl halides is 3. The monoisotopic (exact) mass is 621 g/mol. The van der Waals surface area contributed by atoms with Gasteiger partial charge in [-0.2, -0.15) is 13.2 Å². The summed E-state index contributed by atoms with van der Waals surface area (Å²) in [6.45, 7) is 3.29. The standard InChI is InChI=1S/C31H35F4N3O4S/c1-22(2)36-30(40)28(19-23-9-5-4-6-10-23)37(21-24-14-16-26(32)17-15-24)29(39)13-8-18-38(43(3,41)42)27-12-7-11-25(20-27)31(33,34)35/h4-7,9-12,14-17,20,22,28H,8,13,18-19,21H2,1-3H3,(H,36,40)/t28-/m1/s1. The zero-order valence-corrected chi connectivity index (χ0v) is 25.0. The number of amides is 2. The van der Waals surface area contributed by atoms with Crippen LogP contribution in [0.2, 0.25) is 0 Å². The third kappa shape index (κ3) is 10.1. The van der Waals surface area contributed by atoms with Crippen molar-refractivity contribution < 1.29 is 35.6 Å². The number of benzene rings is 3. The van der Waals surface area contributed by atoms with E-state index in [2.05, 4.69) is 5.32 Å². The first-order chi connectivity index (χ1) is 20.1. The Morgan fingerprint density at radius 2 is 1.56 bits per heavy atom. The molecule has 0 spiro atoms. The van der Waals surface area contributed by atoms with E-state index in [-0.39, 0.29) is 44.1 Å². The number of rotatable bonds is 13. The van der Waals surface area contributed by atoms with Crippen LogP contribution < -0.4 is 9.62 Å². The number of sulfonamides is 1. The second-order valence-electron chi connectivity index (χ2n) is 10.5. The van der Waals surface area contributed by atoms with Gasteiger partial charge in [0.1, 0.15) is 11.9 Å². The molecule has 12 heteroatoms. The largest absolute Gasteiger partial charge is 0.416 e. The Kier molecular flexibility index (Phi) is 11.3. The van der Waals surface area contributed by atoms with Gasteiger partial charge in [0, 0.05) is 32.0 Å². The number of hydrogen-bond acceptors (Lipinski definition) is 4. The van der Waals surface area contributed by atoms with Gasteiger partial charge in [-0.15, -0.1) is 0 Å². The fraction of sp³-hybridized carbons (Fsp3) is 0.355. The summed E-state index contributed by atoms with van der Waals surface area (Å²) in [4.78, 5) is 28.5. The molecule has 232 valence electrons. The Labute approximate surface area is 249 Å². The molecule has 0 bridgehead atoms. The van der Waals surface area contributed by atoms with Gasteiger partial charge in [0.05, 0.1) is 17.5 Å². The van der Waals surface area contributed by atoms with Crippen LogP contribution in [0, 0.1) is 5.82 Å². The summed E-state index contributed by atoms with van der Waals surface area (Å²) >= 11 is 0. The first-order valence-corrected chi connectivity index (χ1v) is 15.5. The van der Waals surface area contributed by atoms with Crippen LogP contribution >= 0.6 is 0 Å².